The topological polar surface area (TPSA) is 35.5 Å². The number of halogens is 3. The van der Waals surface area contributed by atoms with Gasteiger partial charge in [-0.15, -0.1) is 0 Å². The van der Waals surface area contributed by atoms with E-state index in [4.69, 9.17) is 9.47 Å². The van der Waals surface area contributed by atoms with Crippen molar-refractivity contribution >= 4 is 54.1 Å². The molecule has 0 aromatic heterocycles. The fourth-order valence-corrected chi connectivity index (χ4v) is 2.80. The van der Waals surface area contributed by atoms with E-state index >= 15 is 0 Å². The molecule has 0 spiro atoms. The quantitative estimate of drug-likeness (QED) is 0.570. The highest BCUT2D eigenvalue weighted by atomic mass is 79.9. The fourth-order valence-electron chi connectivity index (χ4n) is 1.13. The van der Waals surface area contributed by atoms with Crippen LogP contribution < -0.4 is 9.47 Å². The molecule has 1 rings (SSSR count). The molecule has 0 aliphatic rings. The summed E-state index contributed by atoms with van der Waals surface area (Å²) in [5, 5.41) is 0. The minimum absolute atomic E-state index is 0.398. The molecule has 0 bridgehead atoms. The molecule has 0 saturated heterocycles. The number of hydrogen-bond acceptors (Lipinski definition) is 3. The lowest BCUT2D eigenvalue weighted by Gasteiger charge is -2.14. The number of methoxy groups -OCH3 is 2. The molecule has 82 valence electrons. The Bertz CT molecular complexity index is 404. The molecular formula is C9H7Br3O3. The third-order valence-electron chi connectivity index (χ3n) is 1.80. The van der Waals surface area contributed by atoms with Crippen LogP contribution in [0.5, 0.6) is 11.5 Å². The largest absolute Gasteiger partial charge is 0.492 e. The van der Waals surface area contributed by atoms with Gasteiger partial charge in [0.25, 0.3) is 0 Å². The van der Waals surface area contributed by atoms with Crippen LogP contribution in [0.2, 0.25) is 0 Å². The third-order valence-corrected chi connectivity index (χ3v) is 5.24. The summed E-state index contributed by atoms with van der Waals surface area (Å²) in [5.74, 6) is 0.879. The van der Waals surface area contributed by atoms with Gasteiger partial charge in [-0.05, 0) is 47.8 Å². The van der Waals surface area contributed by atoms with Gasteiger partial charge < -0.3 is 9.47 Å². The van der Waals surface area contributed by atoms with Crippen LogP contribution in [0.15, 0.2) is 13.4 Å². The summed E-state index contributed by atoms with van der Waals surface area (Å²) in [6, 6.07) is 0. The highest BCUT2D eigenvalue weighted by molar-refractivity contribution is 9.14. The summed E-state index contributed by atoms with van der Waals surface area (Å²) in [5.41, 5.74) is 0.407. The van der Waals surface area contributed by atoms with Crippen LogP contribution in [-0.4, -0.2) is 20.5 Å². The van der Waals surface area contributed by atoms with E-state index in [0.717, 1.165) is 0 Å². The lowest BCUT2D eigenvalue weighted by Crippen LogP contribution is -1.98. The second-order valence-electron chi connectivity index (χ2n) is 2.54. The minimum atomic E-state index is 0.398. The second kappa shape index (κ2) is 5.32. The van der Waals surface area contributed by atoms with Crippen molar-refractivity contribution in [1.29, 1.82) is 0 Å². The molecule has 0 unspecified atom stereocenters. The van der Waals surface area contributed by atoms with Gasteiger partial charge in [0.2, 0.25) is 0 Å². The predicted molar refractivity (Wildman–Crippen MR) is 68.0 cm³/mol. The lowest BCUT2D eigenvalue weighted by atomic mass is 10.2. The maximum absolute atomic E-state index is 10.9. The van der Waals surface area contributed by atoms with Crippen LogP contribution in [0.3, 0.4) is 0 Å². The molecule has 0 heterocycles. The Kier molecular flexibility index (Phi) is 4.61. The van der Waals surface area contributed by atoms with E-state index in [-0.39, 0.29) is 0 Å². The maximum Gasteiger partial charge on any atom is 0.176 e. The number of rotatable bonds is 3. The molecule has 15 heavy (non-hydrogen) atoms. The summed E-state index contributed by atoms with van der Waals surface area (Å²) in [6.45, 7) is 0. The van der Waals surface area contributed by atoms with Gasteiger partial charge in [0.15, 0.2) is 17.8 Å². The summed E-state index contributed by atoms with van der Waals surface area (Å²) >= 11 is 9.99. The minimum Gasteiger partial charge on any atom is -0.492 e. The van der Waals surface area contributed by atoms with Gasteiger partial charge in [-0.25, -0.2) is 0 Å². The van der Waals surface area contributed by atoms with Gasteiger partial charge >= 0.3 is 0 Å². The third kappa shape index (κ3) is 2.21. The molecule has 0 atom stereocenters. The van der Waals surface area contributed by atoms with Gasteiger partial charge in [-0.2, -0.15) is 0 Å². The van der Waals surface area contributed by atoms with Crippen molar-refractivity contribution in [2.75, 3.05) is 14.2 Å². The van der Waals surface area contributed by atoms with Crippen LogP contribution in [0.4, 0.5) is 0 Å². The van der Waals surface area contributed by atoms with Crippen molar-refractivity contribution in [2.24, 2.45) is 0 Å². The number of hydrogen-bond donors (Lipinski definition) is 0. The Morgan fingerprint density at radius 3 is 1.87 bits per heavy atom. The summed E-state index contributed by atoms with van der Waals surface area (Å²) in [4.78, 5) is 10.9. The molecule has 0 fully saturated rings. The van der Waals surface area contributed by atoms with Crippen molar-refractivity contribution in [3.8, 4) is 11.5 Å². The fraction of sp³-hybridized carbons (Fsp3) is 0.222. The molecule has 1 aromatic carbocycles. The molecule has 0 saturated carbocycles. The van der Waals surface area contributed by atoms with Crippen molar-refractivity contribution in [1.82, 2.24) is 0 Å². The molecule has 0 N–H and O–H groups in total. The van der Waals surface area contributed by atoms with Crippen LogP contribution in [0.25, 0.3) is 0 Å². The number of ether oxygens (including phenoxy) is 2. The Morgan fingerprint density at radius 2 is 1.47 bits per heavy atom. The van der Waals surface area contributed by atoms with Crippen LogP contribution in [0.1, 0.15) is 10.4 Å². The molecule has 3 nitrogen and oxygen atoms in total. The van der Waals surface area contributed by atoms with Crippen molar-refractivity contribution in [3.63, 3.8) is 0 Å². The average Bonchev–Trinajstić information content (AvgIpc) is 2.25. The van der Waals surface area contributed by atoms with Gasteiger partial charge in [-0.1, -0.05) is 0 Å². The zero-order valence-electron chi connectivity index (χ0n) is 7.94. The van der Waals surface area contributed by atoms with Gasteiger partial charge in [0, 0.05) is 4.47 Å². The maximum atomic E-state index is 10.9. The molecular weight excluding hydrogens is 396 g/mol. The van der Waals surface area contributed by atoms with Crippen LogP contribution in [-0.2, 0) is 0 Å². The Labute approximate surface area is 113 Å². The molecule has 6 heteroatoms. The second-order valence-corrected chi connectivity index (χ2v) is 4.92. The standard InChI is InChI=1S/C9H7Br3O3/c1-14-8-4(3-13)5(10)6(11)7(12)9(8)15-2/h3H,1-2H3. The number of carbonyl (C=O) groups excluding carboxylic acids is 1. The average molecular weight is 403 g/mol. The van der Waals surface area contributed by atoms with E-state index in [1.54, 1.807) is 0 Å². The van der Waals surface area contributed by atoms with Crippen LogP contribution in [0, 0.1) is 0 Å². The molecule has 0 radical (unpaired) electrons. The van der Waals surface area contributed by atoms with Gasteiger partial charge in [0.05, 0.1) is 28.7 Å². The highest BCUT2D eigenvalue weighted by Gasteiger charge is 2.21. The number of aldehydes is 1. The van der Waals surface area contributed by atoms with Crippen molar-refractivity contribution in [2.45, 2.75) is 0 Å². The summed E-state index contributed by atoms with van der Waals surface area (Å²) in [7, 11) is 3.00. The van der Waals surface area contributed by atoms with E-state index in [9.17, 15) is 4.79 Å². The van der Waals surface area contributed by atoms with E-state index in [1.807, 2.05) is 0 Å². The summed E-state index contributed by atoms with van der Waals surface area (Å²) in [6.07, 6.45) is 0.711. The van der Waals surface area contributed by atoms with Crippen molar-refractivity contribution < 1.29 is 14.3 Å². The SMILES string of the molecule is COc1c(Br)c(Br)c(Br)c(C=O)c1OC. The highest BCUT2D eigenvalue weighted by Crippen LogP contribution is 2.47. The van der Waals surface area contributed by atoms with E-state index in [0.29, 0.717) is 36.8 Å². The normalized spacial score (nSPS) is 9.93. The van der Waals surface area contributed by atoms with E-state index in [1.165, 1.54) is 14.2 Å². The zero-order valence-corrected chi connectivity index (χ0v) is 12.7. The first-order valence-corrected chi connectivity index (χ1v) is 6.20. The Balaban J connectivity index is 3.66. The van der Waals surface area contributed by atoms with Crippen molar-refractivity contribution in [3.05, 3.63) is 19.0 Å². The van der Waals surface area contributed by atoms with Crippen LogP contribution >= 0.6 is 47.8 Å². The van der Waals surface area contributed by atoms with Gasteiger partial charge in [0.1, 0.15) is 0 Å². The zero-order chi connectivity index (χ0) is 11.6. The molecule has 0 amide bonds. The Morgan fingerprint density at radius 1 is 0.933 bits per heavy atom. The smallest absolute Gasteiger partial charge is 0.176 e. The first kappa shape index (κ1) is 13.0. The monoisotopic (exact) mass is 400 g/mol. The molecule has 1 aromatic rings. The van der Waals surface area contributed by atoms with E-state index < -0.39 is 0 Å². The molecule has 0 aliphatic carbocycles. The van der Waals surface area contributed by atoms with E-state index in [2.05, 4.69) is 47.8 Å². The number of carbonyl (C=O) groups is 1. The Hall–Kier alpha value is -0.0700. The first-order chi connectivity index (χ1) is 7.08. The predicted octanol–water partition coefficient (Wildman–Crippen LogP) is 3.80. The summed E-state index contributed by atoms with van der Waals surface area (Å²) < 4.78 is 12.3. The number of benzene rings is 1. The lowest BCUT2D eigenvalue weighted by molar-refractivity contribution is 0.111. The first-order valence-electron chi connectivity index (χ1n) is 3.82. The van der Waals surface area contributed by atoms with Gasteiger partial charge in [-0.3, -0.25) is 4.79 Å². The molecule has 0 aliphatic heterocycles.